The van der Waals surface area contributed by atoms with E-state index in [0.29, 0.717) is 0 Å². The summed E-state index contributed by atoms with van der Waals surface area (Å²) in [6.07, 6.45) is -4.85. The van der Waals surface area contributed by atoms with Crippen molar-refractivity contribution in [1.82, 2.24) is 9.97 Å². The van der Waals surface area contributed by atoms with Gasteiger partial charge >= 0.3 is 12.4 Å². The molecule has 0 aliphatic heterocycles. The van der Waals surface area contributed by atoms with Crippen molar-refractivity contribution in [3.8, 4) is 5.75 Å². The van der Waals surface area contributed by atoms with Gasteiger partial charge in [-0.25, -0.2) is 0 Å². The average Bonchev–Trinajstić information content (AvgIpc) is 2.88. The second-order valence-corrected chi connectivity index (χ2v) is 7.65. The first kappa shape index (κ1) is 29.6. The fraction of sp³-hybridized carbons (Fsp3) is 0.154. The van der Waals surface area contributed by atoms with Crippen LogP contribution in [0.2, 0.25) is 5.02 Å². The maximum absolute atomic E-state index is 12.4. The molecule has 0 unspecified atom stereocenters. The van der Waals surface area contributed by atoms with Crippen molar-refractivity contribution in [3.63, 3.8) is 0 Å². The van der Waals surface area contributed by atoms with Gasteiger partial charge in [0.05, 0.1) is 29.0 Å². The van der Waals surface area contributed by atoms with Gasteiger partial charge in [0.1, 0.15) is 12.4 Å². The maximum Gasteiger partial charge on any atom is 0.418 e. The number of aromatic nitrogens is 2. The topological polar surface area (TPSA) is 55.2 Å². The van der Waals surface area contributed by atoms with Gasteiger partial charge in [-0.3, -0.25) is 9.97 Å². The second-order valence-electron chi connectivity index (χ2n) is 7.21. The van der Waals surface area contributed by atoms with E-state index < -0.39 is 23.5 Å². The highest BCUT2D eigenvalue weighted by Crippen LogP contribution is 2.31. The van der Waals surface area contributed by atoms with E-state index >= 15 is 0 Å². The number of rotatable bonds is 4. The van der Waals surface area contributed by atoms with Crippen LogP contribution in [-0.4, -0.2) is 15.1 Å². The Bertz CT molecular complexity index is 1210. The first-order chi connectivity index (χ1) is 17.5. The van der Waals surface area contributed by atoms with Crippen molar-refractivity contribution in [2.75, 3.05) is 0 Å². The number of aliphatic hydroxyl groups is 1. The molecule has 0 amide bonds. The zero-order valence-electron chi connectivity index (χ0n) is 19.0. The lowest BCUT2D eigenvalue weighted by molar-refractivity contribution is -0.138. The lowest BCUT2D eigenvalue weighted by Gasteiger charge is -2.09. The molecular formula is C26H21ClF6N2O2. The standard InChI is InChI=1S/C13H10F3NO.C7H8O.C6H3ClF3N/c14-13(15,16)11-6-12(8-17-7-11)18-9-10-4-2-1-3-5-10;8-6-7-4-2-1-3-5-7;7-5-1-4(2-11-3-5)6(8,9)10/h1-8H,9H2;1-5,8H,6H2;1-3H. The Morgan fingerprint density at radius 3 is 1.59 bits per heavy atom. The number of hydrogen-bond acceptors (Lipinski definition) is 4. The van der Waals surface area contributed by atoms with Crippen LogP contribution in [0.15, 0.2) is 97.6 Å². The predicted octanol–water partition coefficient (Wildman–Crippen LogP) is 7.61. The predicted molar refractivity (Wildman–Crippen MR) is 127 cm³/mol. The molecule has 0 saturated carbocycles. The minimum absolute atomic E-state index is 0.0141. The number of pyridine rings is 2. The summed E-state index contributed by atoms with van der Waals surface area (Å²) in [7, 11) is 0. The van der Waals surface area contributed by atoms with Gasteiger partial charge in [-0.2, -0.15) is 26.3 Å². The van der Waals surface area contributed by atoms with E-state index in [2.05, 4.69) is 9.97 Å². The first-order valence-electron chi connectivity index (χ1n) is 10.5. The summed E-state index contributed by atoms with van der Waals surface area (Å²) in [5, 5.41) is 8.52. The molecule has 196 valence electrons. The Hall–Kier alpha value is -3.63. The van der Waals surface area contributed by atoms with Gasteiger partial charge in [-0.15, -0.1) is 0 Å². The molecule has 0 aliphatic carbocycles. The van der Waals surface area contributed by atoms with E-state index in [0.717, 1.165) is 41.9 Å². The Labute approximate surface area is 214 Å². The lowest BCUT2D eigenvalue weighted by Crippen LogP contribution is -2.06. The molecule has 4 nitrogen and oxygen atoms in total. The molecule has 0 bridgehead atoms. The Morgan fingerprint density at radius 2 is 1.16 bits per heavy atom. The largest absolute Gasteiger partial charge is 0.487 e. The van der Waals surface area contributed by atoms with Crippen LogP contribution < -0.4 is 4.74 Å². The summed E-state index contributed by atoms with van der Waals surface area (Å²) in [5.74, 6) is 0.105. The van der Waals surface area contributed by atoms with E-state index in [1.807, 2.05) is 60.7 Å². The molecule has 1 N–H and O–H groups in total. The number of ether oxygens (including phenoxy) is 1. The SMILES string of the molecule is FC(F)(F)c1cncc(Cl)c1.FC(F)(F)c1cncc(OCc2ccccc2)c1.OCc1ccccc1. The highest BCUT2D eigenvalue weighted by Gasteiger charge is 2.31. The molecule has 0 spiro atoms. The van der Waals surface area contributed by atoms with Gasteiger partial charge in [-0.1, -0.05) is 72.3 Å². The van der Waals surface area contributed by atoms with Crippen LogP contribution in [0.5, 0.6) is 5.75 Å². The minimum Gasteiger partial charge on any atom is -0.487 e. The summed E-state index contributed by atoms with van der Waals surface area (Å²) < 4.78 is 78.2. The lowest BCUT2D eigenvalue weighted by atomic mass is 10.2. The summed E-state index contributed by atoms with van der Waals surface area (Å²) in [5.41, 5.74) is 0.209. The van der Waals surface area contributed by atoms with Crippen LogP contribution in [-0.2, 0) is 25.6 Å². The summed E-state index contributed by atoms with van der Waals surface area (Å²) in [4.78, 5) is 6.82. The Morgan fingerprint density at radius 1 is 0.676 bits per heavy atom. The van der Waals surface area contributed by atoms with Crippen molar-refractivity contribution in [2.24, 2.45) is 0 Å². The molecule has 0 radical (unpaired) electrons. The zero-order valence-corrected chi connectivity index (χ0v) is 19.8. The van der Waals surface area contributed by atoms with Crippen molar-refractivity contribution < 1.29 is 36.2 Å². The monoisotopic (exact) mass is 542 g/mol. The van der Waals surface area contributed by atoms with E-state index in [-0.39, 0.29) is 24.0 Å². The van der Waals surface area contributed by atoms with Crippen LogP contribution >= 0.6 is 11.6 Å². The summed E-state index contributed by atoms with van der Waals surface area (Å²) in [6, 6.07) is 20.5. The van der Waals surface area contributed by atoms with Crippen molar-refractivity contribution >= 4 is 11.6 Å². The molecular weight excluding hydrogens is 522 g/mol. The summed E-state index contributed by atoms with van der Waals surface area (Å²) in [6.45, 7) is 0.352. The highest BCUT2D eigenvalue weighted by atomic mass is 35.5. The maximum atomic E-state index is 12.4. The van der Waals surface area contributed by atoms with Gasteiger partial charge in [0, 0.05) is 18.6 Å². The molecule has 0 aliphatic rings. The molecule has 11 heteroatoms. The highest BCUT2D eigenvalue weighted by molar-refractivity contribution is 6.30. The zero-order chi connectivity index (χ0) is 27.3. The fourth-order valence-corrected chi connectivity index (χ4v) is 2.72. The van der Waals surface area contributed by atoms with Crippen molar-refractivity contribution in [3.05, 3.63) is 125 Å². The summed E-state index contributed by atoms with van der Waals surface area (Å²) >= 11 is 5.29. The van der Waals surface area contributed by atoms with Gasteiger partial charge in [-0.05, 0) is 23.3 Å². The number of hydrogen-bond donors (Lipinski definition) is 1. The van der Waals surface area contributed by atoms with Crippen molar-refractivity contribution in [1.29, 1.82) is 0 Å². The molecule has 2 aromatic carbocycles. The quantitative estimate of drug-likeness (QED) is 0.270. The van der Waals surface area contributed by atoms with Crippen LogP contribution in [0.25, 0.3) is 0 Å². The number of halogens is 7. The van der Waals surface area contributed by atoms with Crippen LogP contribution in [0.1, 0.15) is 22.3 Å². The molecule has 0 atom stereocenters. The molecule has 0 saturated heterocycles. The van der Waals surface area contributed by atoms with E-state index in [1.165, 1.54) is 6.20 Å². The molecule has 2 heterocycles. The fourth-order valence-electron chi connectivity index (χ4n) is 2.54. The van der Waals surface area contributed by atoms with Gasteiger partial charge < -0.3 is 9.84 Å². The van der Waals surface area contributed by atoms with E-state index in [9.17, 15) is 26.3 Å². The molecule has 0 fully saturated rings. The Kier molecular flexibility index (Phi) is 11.4. The third-order valence-electron chi connectivity index (χ3n) is 4.35. The van der Waals surface area contributed by atoms with Crippen LogP contribution in [0.3, 0.4) is 0 Å². The second kappa shape index (κ2) is 14.2. The minimum atomic E-state index is -4.40. The first-order valence-corrected chi connectivity index (χ1v) is 10.9. The molecule has 2 aromatic heterocycles. The molecule has 37 heavy (non-hydrogen) atoms. The van der Waals surface area contributed by atoms with Gasteiger partial charge in [0.2, 0.25) is 0 Å². The normalized spacial score (nSPS) is 10.9. The van der Waals surface area contributed by atoms with Gasteiger partial charge in [0.15, 0.2) is 0 Å². The molecule has 4 aromatic rings. The third-order valence-corrected chi connectivity index (χ3v) is 4.55. The van der Waals surface area contributed by atoms with E-state index in [4.69, 9.17) is 21.4 Å². The van der Waals surface area contributed by atoms with Crippen LogP contribution in [0.4, 0.5) is 26.3 Å². The van der Waals surface area contributed by atoms with Crippen LogP contribution in [0, 0.1) is 0 Å². The van der Waals surface area contributed by atoms with Gasteiger partial charge in [0.25, 0.3) is 0 Å². The Balaban J connectivity index is 0.000000215. The van der Waals surface area contributed by atoms with E-state index in [1.54, 1.807) is 0 Å². The van der Waals surface area contributed by atoms with Crippen molar-refractivity contribution in [2.45, 2.75) is 25.6 Å². The smallest absolute Gasteiger partial charge is 0.418 e. The number of benzene rings is 2. The number of alkyl halides is 6. The number of nitrogens with zero attached hydrogens (tertiary/aromatic N) is 2. The average molecular weight is 543 g/mol. The molecule has 4 rings (SSSR count). The third kappa shape index (κ3) is 11.3. The number of aliphatic hydroxyl groups excluding tert-OH is 1.